The van der Waals surface area contributed by atoms with Crippen LogP contribution in [0.4, 0.5) is 0 Å². The van der Waals surface area contributed by atoms with E-state index in [0.29, 0.717) is 5.89 Å². The fraction of sp³-hybridized carbons (Fsp3) is 0.857. The number of ether oxygens (including phenoxy) is 1. The molecule has 0 amide bonds. The molecule has 6 nitrogen and oxygen atoms in total. The molecule has 1 aromatic rings. The summed E-state index contributed by atoms with van der Waals surface area (Å²) in [6.07, 6.45) is 4.31. The summed E-state index contributed by atoms with van der Waals surface area (Å²) in [4.78, 5) is 7.05. The largest absolute Gasteiger partial charge is 0.368 e. The third-order valence-electron chi connectivity index (χ3n) is 4.19. The molecule has 1 aromatic heterocycles. The molecule has 0 spiro atoms. The Morgan fingerprint density at radius 2 is 2.20 bits per heavy atom. The summed E-state index contributed by atoms with van der Waals surface area (Å²) in [7, 11) is 0. The molecule has 2 saturated heterocycles. The topological polar surface area (TPSA) is 63.4 Å². The highest BCUT2D eigenvalue weighted by atomic mass is 16.5. The third kappa shape index (κ3) is 3.02. The van der Waals surface area contributed by atoms with Gasteiger partial charge in [0.2, 0.25) is 0 Å². The summed E-state index contributed by atoms with van der Waals surface area (Å²) in [5, 5.41) is 7.59. The van der Waals surface area contributed by atoms with Crippen LogP contribution in [0, 0.1) is 0 Å². The highest BCUT2D eigenvalue weighted by molar-refractivity contribution is 4.98. The summed E-state index contributed by atoms with van der Waals surface area (Å²) >= 11 is 0. The van der Waals surface area contributed by atoms with Gasteiger partial charge in [-0.3, -0.25) is 4.90 Å². The van der Waals surface area contributed by atoms with Gasteiger partial charge in [0, 0.05) is 32.8 Å². The predicted octanol–water partition coefficient (Wildman–Crippen LogP) is 1.67. The van der Waals surface area contributed by atoms with E-state index in [4.69, 9.17) is 9.26 Å². The van der Waals surface area contributed by atoms with Crippen LogP contribution in [0.25, 0.3) is 0 Å². The molecule has 2 unspecified atom stereocenters. The third-order valence-corrected chi connectivity index (χ3v) is 4.19. The lowest BCUT2D eigenvalue weighted by Gasteiger charge is -2.32. The molecule has 0 radical (unpaired) electrons. The molecule has 1 N–H and O–H groups in total. The number of piperazine rings is 1. The van der Waals surface area contributed by atoms with Gasteiger partial charge >= 0.3 is 0 Å². The normalized spacial score (nSPS) is 26.6. The van der Waals surface area contributed by atoms with Gasteiger partial charge < -0.3 is 14.6 Å². The molecule has 3 rings (SSSR count). The first kappa shape index (κ1) is 14.0. The summed E-state index contributed by atoms with van der Waals surface area (Å²) in [5.41, 5.74) is 0. The van der Waals surface area contributed by atoms with E-state index in [-0.39, 0.29) is 12.1 Å². The quantitative estimate of drug-likeness (QED) is 0.905. The SMILES string of the molecule is CCC(c1noc(C2CCCCO2)n1)N1CCNCC1. The van der Waals surface area contributed by atoms with Crippen molar-refractivity contribution < 1.29 is 9.26 Å². The van der Waals surface area contributed by atoms with Crippen molar-refractivity contribution in [3.8, 4) is 0 Å². The lowest BCUT2D eigenvalue weighted by molar-refractivity contribution is -0.00459. The second-order valence-corrected chi connectivity index (χ2v) is 5.56. The summed E-state index contributed by atoms with van der Waals surface area (Å²) < 4.78 is 11.2. The van der Waals surface area contributed by atoms with Gasteiger partial charge in [-0.05, 0) is 25.7 Å². The molecule has 2 fully saturated rings. The van der Waals surface area contributed by atoms with Gasteiger partial charge in [-0.1, -0.05) is 12.1 Å². The number of aromatic nitrogens is 2. The number of nitrogens with one attached hydrogen (secondary N) is 1. The first-order chi connectivity index (χ1) is 9.88. The van der Waals surface area contributed by atoms with Crippen LogP contribution in [0.2, 0.25) is 0 Å². The smallest absolute Gasteiger partial charge is 0.255 e. The Bertz CT molecular complexity index is 411. The molecule has 3 heterocycles. The summed E-state index contributed by atoms with van der Waals surface area (Å²) in [6.45, 7) is 7.14. The second kappa shape index (κ2) is 6.65. The lowest BCUT2D eigenvalue weighted by atomic mass is 10.1. The standard InChI is InChI=1S/C14H24N4O2/c1-2-11(18-8-6-15-7-9-18)13-16-14(20-17-13)12-5-3-4-10-19-12/h11-12,15H,2-10H2,1H3. The maximum atomic E-state index is 5.72. The minimum absolute atomic E-state index is 0.00512. The number of nitrogens with zero attached hydrogens (tertiary/aromatic N) is 3. The predicted molar refractivity (Wildman–Crippen MR) is 74.3 cm³/mol. The molecule has 0 saturated carbocycles. The second-order valence-electron chi connectivity index (χ2n) is 5.56. The van der Waals surface area contributed by atoms with E-state index in [1.807, 2.05) is 0 Å². The number of hydrogen-bond donors (Lipinski definition) is 1. The van der Waals surface area contributed by atoms with Crippen molar-refractivity contribution in [2.45, 2.75) is 44.8 Å². The van der Waals surface area contributed by atoms with Gasteiger partial charge in [0.15, 0.2) is 5.82 Å². The monoisotopic (exact) mass is 280 g/mol. The van der Waals surface area contributed by atoms with Crippen LogP contribution in [0.5, 0.6) is 0 Å². The van der Waals surface area contributed by atoms with Gasteiger partial charge in [0.05, 0.1) is 6.04 Å². The van der Waals surface area contributed by atoms with Crippen molar-refractivity contribution in [1.82, 2.24) is 20.4 Å². The van der Waals surface area contributed by atoms with Crippen LogP contribution >= 0.6 is 0 Å². The Balaban J connectivity index is 1.70. The average Bonchev–Trinajstić information content (AvgIpc) is 3.00. The summed E-state index contributed by atoms with van der Waals surface area (Å²) in [6, 6.07) is 0.262. The van der Waals surface area contributed by atoms with Crippen molar-refractivity contribution in [2.75, 3.05) is 32.8 Å². The molecule has 112 valence electrons. The van der Waals surface area contributed by atoms with Gasteiger partial charge in [-0.15, -0.1) is 0 Å². The van der Waals surface area contributed by atoms with Crippen molar-refractivity contribution >= 4 is 0 Å². The van der Waals surface area contributed by atoms with Crippen LogP contribution < -0.4 is 5.32 Å². The van der Waals surface area contributed by atoms with E-state index >= 15 is 0 Å². The molecule has 20 heavy (non-hydrogen) atoms. The number of rotatable bonds is 4. The minimum atomic E-state index is 0.00512. The zero-order valence-corrected chi connectivity index (χ0v) is 12.2. The van der Waals surface area contributed by atoms with Gasteiger partial charge in [-0.25, -0.2) is 0 Å². The van der Waals surface area contributed by atoms with E-state index in [1.165, 1.54) is 6.42 Å². The van der Waals surface area contributed by atoms with Crippen LogP contribution in [0.1, 0.15) is 56.5 Å². The van der Waals surface area contributed by atoms with E-state index in [2.05, 4.69) is 27.3 Å². The van der Waals surface area contributed by atoms with Crippen LogP contribution in [0.3, 0.4) is 0 Å². The zero-order chi connectivity index (χ0) is 13.8. The van der Waals surface area contributed by atoms with Gasteiger partial charge in [0.25, 0.3) is 5.89 Å². The Kier molecular flexibility index (Phi) is 4.65. The highest BCUT2D eigenvalue weighted by Gasteiger charge is 2.28. The van der Waals surface area contributed by atoms with Crippen LogP contribution in [0.15, 0.2) is 4.52 Å². The van der Waals surface area contributed by atoms with E-state index in [9.17, 15) is 0 Å². The Morgan fingerprint density at radius 1 is 1.35 bits per heavy atom. The zero-order valence-electron chi connectivity index (χ0n) is 12.2. The van der Waals surface area contributed by atoms with Crippen LogP contribution in [-0.2, 0) is 4.74 Å². The maximum absolute atomic E-state index is 5.72. The first-order valence-electron chi connectivity index (χ1n) is 7.78. The molecular weight excluding hydrogens is 256 g/mol. The van der Waals surface area contributed by atoms with Crippen molar-refractivity contribution in [3.63, 3.8) is 0 Å². The summed E-state index contributed by atoms with van der Waals surface area (Å²) in [5.74, 6) is 1.48. The van der Waals surface area contributed by atoms with Crippen molar-refractivity contribution in [2.24, 2.45) is 0 Å². The Hall–Kier alpha value is -0.980. The van der Waals surface area contributed by atoms with E-state index < -0.39 is 0 Å². The van der Waals surface area contributed by atoms with E-state index in [0.717, 1.165) is 57.9 Å². The molecule has 0 aromatic carbocycles. The fourth-order valence-electron chi connectivity index (χ4n) is 3.05. The van der Waals surface area contributed by atoms with Crippen molar-refractivity contribution in [3.05, 3.63) is 11.7 Å². The number of hydrogen-bond acceptors (Lipinski definition) is 6. The maximum Gasteiger partial charge on any atom is 0.255 e. The molecule has 2 atom stereocenters. The minimum Gasteiger partial charge on any atom is -0.368 e. The van der Waals surface area contributed by atoms with Gasteiger partial charge in [0.1, 0.15) is 6.10 Å². The first-order valence-corrected chi connectivity index (χ1v) is 7.78. The molecule has 2 aliphatic rings. The molecular formula is C14H24N4O2. The highest BCUT2D eigenvalue weighted by Crippen LogP contribution is 2.29. The molecule has 0 aliphatic carbocycles. The Morgan fingerprint density at radius 3 is 2.90 bits per heavy atom. The molecule has 2 aliphatic heterocycles. The van der Waals surface area contributed by atoms with Gasteiger partial charge in [-0.2, -0.15) is 4.98 Å². The van der Waals surface area contributed by atoms with Crippen LogP contribution in [-0.4, -0.2) is 47.8 Å². The Labute approximate surface area is 119 Å². The fourth-order valence-corrected chi connectivity index (χ4v) is 3.05. The average molecular weight is 280 g/mol. The lowest BCUT2D eigenvalue weighted by Crippen LogP contribution is -2.45. The molecule has 0 bridgehead atoms. The molecule has 6 heteroatoms. The van der Waals surface area contributed by atoms with E-state index in [1.54, 1.807) is 0 Å². The van der Waals surface area contributed by atoms with Crippen molar-refractivity contribution in [1.29, 1.82) is 0 Å².